The van der Waals surface area contributed by atoms with Crippen LogP contribution in [0.4, 0.5) is 5.82 Å². The average Bonchev–Trinajstić information content (AvgIpc) is 2.89. The number of likely N-dealkylation sites (tertiary alicyclic amines) is 1. The summed E-state index contributed by atoms with van der Waals surface area (Å²) in [6, 6.07) is 5.98. The number of halogens is 1. The number of likely N-dealkylation sites (N-methyl/N-ethyl adjacent to an activating group) is 1. The molecule has 6 heteroatoms. The SMILES string of the molecule is CN(CCN1CCCC1=O)c1ncnc2ccc(Br)cc12. The summed E-state index contributed by atoms with van der Waals surface area (Å²) in [5.41, 5.74) is 0.923. The molecule has 110 valence electrons. The van der Waals surface area contributed by atoms with Gasteiger partial charge in [-0.3, -0.25) is 4.79 Å². The molecule has 1 aliphatic heterocycles. The number of fused-ring (bicyclic) bond motifs is 1. The van der Waals surface area contributed by atoms with Gasteiger partial charge in [0.1, 0.15) is 12.1 Å². The van der Waals surface area contributed by atoms with Crippen molar-refractivity contribution in [3.05, 3.63) is 29.0 Å². The van der Waals surface area contributed by atoms with Gasteiger partial charge in [0, 0.05) is 43.0 Å². The highest BCUT2D eigenvalue weighted by atomic mass is 79.9. The highest BCUT2D eigenvalue weighted by Crippen LogP contribution is 2.25. The molecule has 0 N–H and O–H groups in total. The highest BCUT2D eigenvalue weighted by Gasteiger charge is 2.20. The lowest BCUT2D eigenvalue weighted by Gasteiger charge is -2.23. The molecule has 1 aliphatic rings. The van der Waals surface area contributed by atoms with Gasteiger partial charge in [-0.25, -0.2) is 9.97 Å². The third kappa shape index (κ3) is 3.00. The van der Waals surface area contributed by atoms with Crippen LogP contribution in [-0.4, -0.2) is 47.5 Å². The fourth-order valence-corrected chi connectivity index (χ4v) is 3.00. The lowest BCUT2D eigenvalue weighted by atomic mass is 10.2. The van der Waals surface area contributed by atoms with Crippen molar-refractivity contribution in [2.75, 3.05) is 31.6 Å². The van der Waals surface area contributed by atoms with Gasteiger partial charge in [-0.15, -0.1) is 0 Å². The number of hydrogen-bond acceptors (Lipinski definition) is 4. The molecule has 1 fully saturated rings. The minimum Gasteiger partial charge on any atom is -0.357 e. The molecule has 0 saturated carbocycles. The first-order valence-electron chi connectivity index (χ1n) is 7.04. The van der Waals surface area contributed by atoms with Crippen molar-refractivity contribution in [1.82, 2.24) is 14.9 Å². The van der Waals surface area contributed by atoms with Gasteiger partial charge >= 0.3 is 0 Å². The van der Waals surface area contributed by atoms with Crippen LogP contribution < -0.4 is 4.90 Å². The number of aromatic nitrogens is 2. The predicted octanol–water partition coefficient (Wildman–Crippen LogP) is 2.45. The summed E-state index contributed by atoms with van der Waals surface area (Å²) in [5, 5.41) is 1.02. The Kier molecular flexibility index (Phi) is 4.05. The zero-order chi connectivity index (χ0) is 14.8. The first-order valence-corrected chi connectivity index (χ1v) is 7.83. The molecule has 0 aliphatic carbocycles. The van der Waals surface area contributed by atoms with E-state index in [0.717, 1.165) is 47.2 Å². The fraction of sp³-hybridized carbons (Fsp3) is 0.400. The molecule has 1 amide bonds. The number of anilines is 1. The van der Waals surface area contributed by atoms with Crippen LogP contribution in [0.5, 0.6) is 0 Å². The number of amides is 1. The lowest BCUT2D eigenvalue weighted by Crippen LogP contribution is -2.34. The Labute approximate surface area is 132 Å². The topological polar surface area (TPSA) is 49.3 Å². The van der Waals surface area contributed by atoms with Gasteiger partial charge < -0.3 is 9.80 Å². The Hall–Kier alpha value is -1.69. The molecule has 0 spiro atoms. The van der Waals surface area contributed by atoms with Crippen molar-refractivity contribution in [2.45, 2.75) is 12.8 Å². The van der Waals surface area contributed by atoms with E-state index in [4.69, 9.17) is 0 Å². The first-order chi connectivity index (χ1) is 10.1. The smallest absolute Gasteiger partial charge is 0.222 e. The van der Waals surface area contributed by atoms with Crippen LogP contribution in [0.3, 0.4) is 0 Å². The van der Waals surface area contributed by atoms with Crippen LogP contribution in [-0.2, 0) is 4.79 Å². The minimum atomic E-state index is 0.263. The van der Waals surface area contributed by atoms with E-state index in [9.17, 15) is 4.79 Å². The van der Waals surface area contributed by atoms with Crippen LogP contribution in [0.2, 0.25) is 0 Å². The van der Waals surface area contributed by atoms with E-state index in [0.29, 0.717) is 6.42 Å². The molecule has 1 saturated heterocycles. The fourth-order valence-electron chi connectivity index (χ4n) is 2.64. The molecule has 1 aromatic heterocycles. The molecule has 1 aromatic carbocycles. The van der Waals surface area contributed by atoms with Crippen LogP contribution in [0.1, 0.15) is 12.8 Å². The monoisotopic (exact) mass is 348 g/mol. The van der Waals surface area contributed by atoms with Crippen molar-refractivity contribution in [2.24, 2.45) is 0 Å². The number of hydrogen-bond donors (Lipinski definition) is 0. The van der Waals surface area contributed by atoms with Crippen molar-refractivity contribution in [1.29, 1.82) is 0 Å². The van der Waals surface area contributed by atoms with Gasteiger partial charge in [-0.2, -0.15) is 0 Å². The van der Waals surface area contributed by atoms with Crippen LogP contribution in [0.15, 0.2) is 29.0 Å². The second kappa shape index (κ2) is 5.97. The second-order valence-corrected chi connectivity index (χ2v) is 6.18. The summed E-state index contributed by atoms with van der Waals surface area (Å²) in [7, 11) is 2.00. The van der Waals surface area contributed by atoms with Crippen molar-refractivity contribution >= 4 is 38.6 Å². The maximum atomic E-state index is 11.7. The van der Waals surface area contributed by atoms with E-state index in [1.807, 2.05) is 30.1 Å². The lowest BCUT2D eigenvalue weighted by molar-refractivity contribution is -0.127. The van der Waals surface area contributed by atoms with Crippen molar-refractivity contribution in [3.8, 4) is 0 Å². The number of nitrogens with zero attached hydrogens (tertiary/aromatic N) is 4. The summed E-state index contributed by atoms with van der Waals surface area (Å²) in [6.07, 6.45) is 3.25. The Morgan fingerprint density at radius 3 is 3.00 bits per heavy atom. The minimum absolute atomic E-state index is 0.263. The second-order valence-electron chi connectivity index (χ2n) is 5.26. The normalized spacial score (nSPS) is 15.0. The Morgan fingerprint density at radius 1 is 1.38 bits per heavy atom. The summed E-state index contributed by atoms with van der Waals surface area (Å²) in [4.78, 5) is 24.4. The third-order valence-electron chi connectivity index (χ3n) is 3.81. The molecule has 21 heavy (non-hydrogen) atoms. The zero-order valence-electron chi connectivity index (χ0n) is 11.9. The zero-order valence-corrected chi connectivity index (χ0v) is 13.5. The molecule has 0 atom stereocenters. The maximum Gasteiger partial charge on any atom is 0.222 e. The summed E-state index contributed by atoms with van der Waals surface area (Å²) < 4.78 is 1.01. The number of carbonyl (C=O) groups excluding carboxylic acids is 1. The quantitative estimate of drug-likeness (QED) is 0.851. The molecule has 0 radical (unpaired) electrons. The maximum absolute atomic E-state index is 11.7. The number of carbonyl (C=O) groups is 1. The van der Waals surface area contributed by atoms with E-state index < -0.39 is 0 Å². The van der Waals surface area contributed by atoms with Crippen molar-refractivity contribution < 1.29 is 4.79 Å². The first kappa shape index (κ1) is 14.3. The molecular formula is C15H17BrN4O. The molecule has 0 unspecified atom stereocenters. The van der Waals surface area contributed by atoms with E-state index in [1.165, 1.54) is 0 Å². The number of benzene rings is 1. The predicted molar refractivity (Wildman–Crippen MR) is 86.3 cm³/mol. The molecule has 0 bridgehead atoms. The standard InChI is InChI=1S/C15H17BrN4O/c1-19(7-8-20-6-2-3-14(20)21)15-12-9-11(16)4-5-13(12)17-10-18-15/h4-5,9-10H,2-3,6-8H2,1H3. The Balaban J connectivity index is 1.79. The van der Waals surface area contributed by atoms with E-state index >= 15 is 0 Å². The highest BCUT2D eigenvalue weighted by molar-refractivity contribution is 9.10. The van der Waals surface area contributed by atoms with E-state index in [1.54, 1.807) is 6.33 Å². The Bertz CT molecular complexity index is 676. The van der Waals surface area contributed by atoms with E-state index in [2.05, 4.69) is 30.8 Å². The van der Waals surface area contributed by atoms with E-state index in [-0.39, 0.29) is 5.91 Å². The summed E-state index contributed by atoms with van der Waals surface area (Å²) in [6.45, 7) is 2.39. The Morgan fingerprint density at radius 2 is 2.24 bits per heavy atom. The van der Waals surface area contributed by atoms with Crippen LogP contribution >= 0.6 is 15.9 Å². The van der Waals surface area contributed by atoms with Gasteiger partial charge in [0.25, 0.3) is 0 Å². The van der Waals surface area contributed by atoms with Gasteiger partial charge in [-0.05, 0) is 24.6 Å². The van der Waals surface area contributed by atoms with Gasteiger partial charge in [0.05, 0.1) is 5.52 Å². The molecular weight excluding hydrogens is 332 g/mol. The van der Waals surface area contributed by atoms with Crippen LogP contribution in [0.25, 0.3) is 10.9 Å². The largest absolute Gasteiger partial charge is 0.357 e. The van der Waals surface area contributed by atoms with Gasteiger partial charge in [-0.1, -0.05) is 15.9 Å². The molecule has 2 aromatic rings. The molecule has 5 nitrogen and oxygen atoms in total. The third-order valence-corrected chi connectivity index (χ3v) is 4.31. The summed E-state index contributed by atoms with van der Waals surface area (Å²) >= 11 is 3.49. The summed E-state index contributed by atoms with van der Waals surface area (Å²) in [5.74, 6) is 1.16. The molecule has 2 heterocycles. The van der Waals surface area contributed by atoms with Crippen molar-refractivity contribution in [3.63, 3.8) is 0 Å². The molecule has 3 rings (SSSR count). The van der Waals surface area contributed by atoms with Crippen LogP contribution in [0, 0.1) is 0 Å². The average molecular weight is 349 g/mol. The number of rotatable bonds is 4. The van der Waals surface area contributed by atoms with Gasteiger partial charge in [0.2, 0.25) is 5.91 Å². The van der Waals surface area contributed by atoms with Gasteiger partial charge in [0.15, 0.2) is 0 Å².